The van der Waals surface area contributed by atoms with Crippen molar-refractivity contribution in [1.82, 2.24) is 16.0 Å². The molecule has 0 bridgehead atoms. The summed E-state index contributed by atoms with van der Waals surface area (Å²) < 4.78 is 0. The lowest BCUT2D eigenvalue weighted by Gasteiger charge is -2.27. The zero-order valence-electron chi connectivity index (χ0n) is 19.4. The van der Waals surface area contributed by atoms with Crippen molar-refractivity contribution in [3.63, 3.8) is 0 Å². The fourth-order valence-corrected chi connectivity index (χ4v) is 2.95. The van der Waals surface area contributed by atoms with Gasteiger partial charge in [-0.3, -0.25) is 19.2 Å². The number of primary amides is 1. The Balaban J connectivity index is 3.08. The van der Waals surface area contributed by atoms with E-state index < -0.39 is 66.3 Å². The van der Waals surface area contributed by atoms with E-state index in [0.29, 0.717) is 5.56 Å². The van der Waals surface area contributed by atoms with Crippen molar-refractivity contribution in [1.29, 1.82) is 0 Å². The van der Waals surface area contributed by atoms with Crippen molar-refractivity contribution in [2.45, 2.75) is 63.9 Å². The van der Waals surface area contributed by atoms with Crippen LogP contribution < -0.4 is 27.4 Å². The summed E-state index contributed by atoms with van der Waals surface area (Å²) in [6, 6.07) is 3.53. The molecular formula is C22H33N5O7. The van der Waals surface area contributed by atoms with Crippen molar-refractivity contribution in [3.8, 4) is 0 Å². The van der Waals surface area contributed by atoms with Gasteiger partial charge < -0.3 is 37.6 Å². The summed E-state index contributed by atoms with van der Waals surface area (Å²) in [5.74, 6) is -5.08. The highest BCUT2D eigenvalue weighted by Crippen LogP contribution is 2.07. The minimum Gasteiger partial charge on any atom is -0.480 e. The molecule has 5 unspecified atom stereocenters. The number of rotatable bonds is 13. The average Bonchev–Trinajstić information content (AvgIpc) is 2.75. The quantitative estimate of drug-likeness (QED) is 0.168. The molecule has 0 spiro atoms. The number of hydrogen-bond acceptors (Lipinski definition) is 7. The third-order valence-corrected chi connectivity index (χ3v) is 5.02. The Hall–Kier alpha value is -3.51. The normalized spacial score (nSPS) is 15.4. The van der Waals surface area contributed by atoms with Crippen LogP contribution in [0.1, 0.15) is 32.8 Å². The number of carbonyl (C=O) groups excluding carboxylic acids is 4. The van der Waals surface area contributed by atoms with Crippen LogP contribution in [0.3, 0.4) is 0 Å². The molecule has 1 rings (SSSR count). The first-order valence-corrected chi connectivity index (χ1v) is 10.7. The second-order valence-electron chi connectivity index (χ2n) is 8.32. The van der Waals surface area contributed by atoms with Crippen molar-refractivity contribution >= 4 is 29.6 Å². The predicted molar refractivity (Wildman–Crippen MR) is 122 cm³/mol. The summed E-state index contributed by atoms with van der Waals surface area (Å²) in [6.07, 6.45) is -2.05. The second-order valence-corrected chi connectivity index (χ2v) is 8.32. The van der Waals surface area contributed by atoms with Crippen LogP contribution in [0.2, 0.25) is 0 Å². The van der Waals surface area contributed by atoms with Gasteiger partial charge >= 0.3 is 5.97 Å². The smallest absolute Gasteiger partial charge is 0.326 e. The average molecular weight is 480 g/mol. The molecule has 0 saturated heterocycles. The number of aliphatic hydroxyl groups is 1. The van der Waals surface area contributed by atoms with Gasteiger partial charge in [0, 0.05) is 6.42 Å². The number of aliphatic hydroxyl groups excluding tert-OH is 1. The first-order chi connectivity index (χ1) is 15.8. The Morgan fingerprint density at radius 3 is 1.91 bits per heavy atom. The largest absolute Gasteiger partial charge is 0.480 e. The van der Waals surface area contributed by atoms with Crippen LogP contribution in [-0.2, 0) is 30.4 Å². The second kappa shape index (κ2) is 13.3. The van der Waals surface area contributed by atoms with E-state index >= 15 is 0 Å². The van der Waals surface area contributed by atoms with Crippen LogP contribution in [0.15, 0.2) is 30.3 Å². The molecular weight excluding hydrogens is 446 g/mol. The molecule has 0 aliphatic heterocycles. The van der Waals surface area contributed by atoms with Gasteiger partial charge in [0.25, 0.3) is 0 Å². The molecule has 12 heteroatoms. The molecule has 0 radical (unpaired) electrons. The zero-order valence-corrected chi connectivity index (χ0v) is 19.4. The van der Waals surface area contributed by atoms with E-state index in [1.165, 1.54) is 6.92 Å². The van der Waals surface area contributed by atoms with E-state index in [1.807, 2.05) is 0 Å². The molecule has 0 fully saturated rings. The Morgan fingerprint density at radius 2 is 1.44 bits per heavy atom. The number of nitrogens with two attached hydrogens (primary N) is 2. The fourth-order valence-electron chi connectivity index (χ4n) is 2.95. The number of carbonyl (C=O) groups is 5. The summed E-state index contributed by atoms with van der Waals surface area (Å²) in [6.45, 7) is 4.71. The van der Waals surface area contributed by atoms with Gasteiger partial charge in [0.2, 0.25) is 23.6 Å². The van der Waals surface area contributed by atoms with Crippen LogP contribution in [-0.4, -0.2) is 70.1 Å². The van der Waals surface area contributed by atoms with Gasteiger partial charge in [-0.1, -0.05) is 44.2 Å². The highest BCUT2D eigenvalue weighted by Gasteiger charge is 2.33. The first kappa shape index (κ1) is 28.5. The summed E-state index contributed by atoms with van der Waals surface area (Å²) in [4.78, 5) is 60.6. The molecule has 0 heterocycles. The summed E-state index contributed by atoms with van der Waals surface area (Å²) in [5.41, 5.74) is 11.6. The topological polar surface area (TPSA) is 214 Å². The molecule has 1 aromatic carbocycles. The van der Waals surface area contributed by atoms with Crippen LogP contribution in [0.5, 0.6) is 0 Å². The number of amides is 4. The standard InChI is InChI=1S/C22H33N5O7/c1-11(2)17(24)20(31)25-14(9-13-7-5-4-6-8-13)19(30)27-18(12(3)28)21(32)26-15(22(33)34)10-16(23)29/h4-8,11-12,14-15,17-18,28H,9-10,24H2,1-3H3,(H2,23,29)(H,25,31)(H,26,32)(H,27,30)(H,33,34). The molecule has 0 aliphatic rings. The van der Waals surface area contributed by atoms with E-state index in [1.54, 1.807) is 44.2 Å². The Bertz CT molecular complexity index is 876. The third-order valence-electron chi connectivity index (χ3n) is 5.02. The fraction of sp³-hybridized carbons (Fsp3) is 0.500. The maximum atomic E-state index is 13.0. The van der Waals surface area contributed by atoms with Gasteiger partial charge in [0.1, 0.15) is 18.1 Å². The van der Waals surface area contributed by atoms with E-state index in [2.05, 4.69) is 16.0 Å². The molecule has 9 N–H and O–H groups in total. The summed E-state index contributed by atoms with van der Waals surface area (Å²) in [7, 11) is 0. The van der Waals surface area contributed by atoms with E-state index in [9.17, 15) is 34.2 Å². The minimum absolute atomic E-state index is 0.0663. The van der Waals surface area contributed by atoms with Gasteiger partial charge in [0.15, 0.2) is 0 Å². The maximum absolute atomic E-state index is 13.0. The zero-order chi connectivity index (χ0) is 26.0. The van der Waals surface area contributed by atoms with E-state index in [4.69, 9.17) is 11.5 Å². The van der Waals surface area contributed by atoms with Crippen LogP contribution in [0.25, 0.3) is 0 Å². The molecule has 0 saturated carbocycles. The third kappa shape index (κ3) is 9.16. The molecule has 4 amide bonds. The lowest BCUT2D eigenvalue weighted by atomic mass is 10.0. The molecule has 0 aliphatic carbocycles. The van der Waals surface area contributed by atoms with Crippen molar-refractivity contribution in [3.05, 3.63) is 35.9 Å². The number of nitrogens with one attached hydrogen (secondary N) is 3. The van der Waals surface area contributed by atoms with Gasteiger partial charge in [0.05, 0.1) is 18.6 Å². The Kier molecular flexibility index (Phi) is 11.1. The predicted octanol–water partition coefficient (Wildman–Crippen LogP) is -1.99. The minimum atomic E-state index is -1.65. The number of carboxylic acid groups (broad SMARTS) is 1. The number of aliphatic carboxylic acids is 1. The summed E-state index contributed by atoms with van der Waals surface area (Å²) in [5, 5.41) is 26.2. The van der Waals surface area contributed by atoms with E-state index in [-0.39, 0.29) is 12.3 Å². The van der Waals surface area contributed by atoms with Gasteiger partial charge in [-0.15, -0.1) is 0 Å². The summed E-state index contributed by atoms with van der Waals surface area (Å²) >= 11 is 0. The highest BCUT2D eigenvalue weighted by molar-refractivity contribution is 5.95. The van der Waals surface area contributed by atoms with Gasteiger partial charge in [-0.25, -0.2) is 4.79 Å². The maximum Gasteiger partial charge on any atom is 0.326 e. The van der Waals surface area contributed by atoms with Crippen molar-refractivity contribution in [2.75, 3.05) is 0 Å². The van der Waals surface area contributed by atoms with Crippen LogP contribution in [0, 0.1) is 5.92 Å². The van der Waals surface area contributed by atoms with Gasteiger partial charge in [-0.05, 0) is 18.4 Å². The van der Waals surface area contributed by atoms with Crippen LogP contribution in [0.4, 0.5) is 0 Å². The molecule has 12 nitrogen and oxygen atoms in total. The number of hydrogen-bond donors (Lipinski definition) is 7. The number of carboxylic acids is 1. The molecule has 0 aromatic heterocycles. The molecule has 34 heavy (non-hydrogen) atoms. The Labute approximate surface area is 197 Å². The monoisotopic (exact) mass is 479 g/mol. The van der Waals surface area contributed by atoms with Crippen LogP contribution >= 0.6 is 0 Å². The Morgan fingerprint density at radius 1 is 0.882 bits per heavy atom. The van der Waals surface area contributed by atoms with Crippen molar-refractivity contribution in [2.24, 2.45) is 17.4 Å². The molecule has 5 atom stereocenters. The first-order valence-electron chi connectivity index (χ1n) is 10.7. The SMILES string of the molecule is CC(C)C(N)C(=O)NC(Cc1ccccc1)C(=O)NC(C(=O)NC(CC(N)=O)C(=O)O)C(C)O. The van der Waals surface area contributed by atoms with Gasteiger partial charge in [-0.2, -0.15) is 0 Å². The lowest BCUT2D eigenvalue weighted by Crippen LogP contribution is -2.60. The highest BCUT2D eigenvalue weighted by atomic mass is 16.4. The lowest BCUT2D eigenvalue weighted by molar-refractivity contribution is -0.144. The van der Waals surface area contributed by atoms with Crippen molar-refractivity contribution < 1.29 is 34.2 Å². The van der Waals surface area contributed by atoms with E-state index in [0.717, 1.165) is 0 Å². The molecule has 1 aromatic rings. The molecule has 188 valence electrons. The number of benzene rings is 1.